The van der Waals surface area contributed by atoms with Gasteiger partial charge in [0.05, 0.1) is 0 Å². The molecule has 0 saturated carbocycles. The van der Waals surface area contributed by atoms with Gasteiger partial charge in [-0.3, -0.25) is 0 Å². The number of carboxylic acid groups (broad SMARTS) is 1. The molecule has 0 atom stereocenters. The second-order valence-electron chi connectivity index (χ2n) is 4.53. The van der Waals surface area contributed by atoms with E-state index in [0.29, 0.717) is 5.57 Å². The highest BCUT2D eigenvalue weighted by molar-refractivity contribution is 9.10. The third kappa shape index (κ3) is 2.93. The lowest BCUT2D eigenvalue weighted by atomic mass is 10.1. The van der Waals surface area contributed by atoms with E-state index in [2.05, 4.69) is 26.9 Å². The number of rotatable bonds is 3. The first-order valence-electron chi connectivity index (χ1n) is 6.04. The molecule has 0 amide bonds. The molecule has 0 unspecified atom stereocenters. The van der Waals surface area contributed by atoms with E-state index in [9.17, 15) is 4.79 Å². The molecular formula is C14H16BrNO2. The van der Waals surface area contributed by atoms with E-state index < -0.39 is 5.97 Å². The van der Waals surface area contributed by atoms with Gasteiger partial charge in [0, 0.05) is 28.8 Å². The van der Waals surface area contributed by atoms with Crippen LogP contribution in [-0.4, -0.2) is 24.2 Å². The lowest BCUT2D eigenvalue weighted by Crippen LogP contribution is -2.18. The molecule has 1 aliphatic rings. The third-order valence-electron chi connectivity index (χ3n) is 3.15. The number of carboxylic acids is 1. The molecular weight excluding hydrogens is 294 g/mol. The van der Waals surface area contributed by atoms with Gasteiger partial charge in [0.15, 0.2) is 0 Å². The second kappa shape index (κ2) is 5.57. The third-order valence-corrected chi connectivity index (χ3v) is 3.64. The van der Waals surface area contributed by atoms with Crippen LogP contribution in [0.2, 0.25) is 0 Å². The summed E-state index contributed by atoms with van der Waals surface area (Å²) >= 11 is 3.44. The van der Waals surface area contributed by atoms with Gasteiger partial charge in [-0.05, 0) is 49.6 Å². The van der Waals surface area contributed by atoms with Crippen molar-refractivity contribution in [3.63, 3.8) is 0 Å². The number of aliphatic carboxylic acids is 1. The molecule has 1 aliphatic heterocycles. The summed E-state index contributed by atoms with van der Waals surface area (Å²) in [6.45, 7) is 3.72. The standard InChI is InChI=1S/C14H16BrNO2/c1-10(14(17)18)8-11-9-12(15)4-5-13(11)16-6-2-3-7-16/h4-5,8-9H,2-3,6-7H2,1H3,(H,17,18). The highest BCUT2D eigenvalue weighted by Gasteiger charge is 2.15. The molecule has 1 heterocycles. The number of halogens is 1. The fraction of sp³-hybridized carbons (Fsp3) is 0.357. The predicted molar refractivity (Wildman–Crippen MR) is 76.9 cm³/mol. The molecule has 1 fully saturated rings. The van der Waals surface area contributed by atoms with Crippen LogP contribution in [0.1, 0.15) is 25.3 Å². The van der Waals surface area contributed by atoms with Crippen molar-refractivity contribution in [2.45, 2.75) is 19.8 Å². The minimum atomic E-state index is -0.873. The Kier molecular flexibility index (Phi) is 4.07. The van der Waals surface area contributed by atoms with Crippen LogP contribution in [0.25, 0.3) is 6.08 Å². The predicted octanol–water partition coefficient (Wildman–Crippen LogP) is 3.54. The number of nitrogens with zero attached hydrogens (tertiary/aromatic N) is 1. The van der Waals surface area contributed by atoms with Gasteiger partial charge >= 0.3 is 5.97 Å². The summed E-state index contributed by atoms with van der Waals surface area (Å²) in [5.74, 6) is -0.873. The highest BCUT2D eigenvalue weighted by atomic mass is 79.9. The minimum Gasteiger partial charge on any atom is -0.478 e. The van der Waals surface area contributed by atoms with Crippen molar-refractivity contribution in [2.24, 2.45) is 0 Å². The van der Waals surface area contributed by atoms with Gasteiger partial charge in [0.1, 0.15) is 0 Å². The van der Waals surface area contributed by atoms with Gasteiger partial charge in [0.2, 0.25) is 0 Å². The highest BCUT2D eigenvalue weighted by Crippen LogP contribution is 2.29. The SMILES string of the molecule is CC(=Cc1cc(Br)ccc1N1CCCC1)C(=O)O. The van der Waals surface area contributed by atoms with Gasteiger partial charge in [-0.15, -0.1) is 0 Å². The number of carbonyl (C=O) groups is 1. The molecule has 2 rings (SSSR count). The maximum absolute atomic E-state index is 10.9. The molecule has 0 spiro atoms. The number of hydrogen-bond donors (Lipinski definition) is 1. The number of benzene rings is 1. The van der Waals surface area contributed by atoms with Crippen LogP contribution in [0.15, 0.2) is 28.2 Å². The molecule has 4 heteroatoms. The summed E-state index contributed by atoms with van der Waals surface area (Å²) in [6, 6.07) is 6.03. The Morgan fingerprint density at radius 1 is 1.39 bits per heavy atom. The molecule has 1 aromatic carbocycles. The monoisotopic (exact) mass is 309 g/mol. The quantitative estimate of drug-likeness (QED) is 0.868. The van der Waals surface area contributed by atoms with E-state index in [1.807, 2.05) is 12.1 Å². The molecule has 0 aliphatic carbocycles. The average molecular weight is 310 g/mol. The lowest BCUT2D eigenvalue weighted by molar-refractivity contribution is -0.132. The van der Waals surface area contributed by atoms with Crippen molar-refractivity contribution >= 4 is 33.7 Å². The van der Waals surface area contributed by atoms with Gasteiger partial charge < -0.3 is 10.0 Å². The van der Waals surface area contributed by atoms with Crippen LogP contribution in [0.4, 0.5) is 5.69 Å². The fourth-order valence-corrected chi connectivity index (χ4v) is 2.56. The number of anilines is 1. The normalized spacial score (nSPS) is 16.1. The van der Waals surface area contributed by atoms with Crippen molar-refractivity contribution in [1.82, 2.24) is 0 Å². The minimum absolute atomic E-state index is 0.355. The largest absolute Gasteiger partial charge is 0.478 e. The Balaban J connectivity index is 2.40. The Morgan fingerprint density at radius 2 is 2.06 bits per heavy atom. The summed E-state index contributed by atoms with van der Waals surface area (Å²) in [6.07, 6.45) is 4.15. The maximum Gasteiger partial charge on any atom is 0.331 e. The van der Waals surface area contributed by atoms with E-state index in [0.717, 1.165) is 28.8 Å². The summed E-state index contributed by atoms with van der Waals surface area (Å²) in [7, 11) is 0. The van der Waals surface area contributed by atoms with Crippen LogP contribution in [0, 0.1) is 0 Å². The van der Waals surface area contributed by atoms with Gasteiger partial charge in [-0.1, -0.05) is 15.9 Å². The van der Waals surface area contributed by atoms with E-state index in [4.69, 9.17) is 5.11 Å². The van der Waals surface area contributed by atoms with Gasteiger partial charge in [0.25, 0.3) is 0 Å². The van der Waals surface area contributed by atoms with Crippen molar-refractivity contribution in [3.8, 4) is 0 Å². The molecule has 0 radical (unpaired) electrons. The van der Waals surface area contributed by atoms with Crippen LogP contribution in [0.3, 0.4) is 0 Å². The maximum atomic E-state index is 10.9. The van der Waals surface area contributed by atoms with E-state index in [1.54, 1.807) is 13.0 Å². The smallest absolute Gasteiger partial charge is 0.331 e. The first-order valence-corrected chi connectivity index (χ1v) is 6.83. The van der Waals surface area contributed by atoms with Crippen molar-refractivity contribution in [3.05, 3.63) is 33.8 Å². The second-order valence-corrected chi connectivity index (χ2v) is 5.45. The van der Waals surface area contributed by atoms with Gasteiger partial charge in [-0.25, -0.2) is 4.79 Å². The van der Waals surface area contributed by atoms with Crippen molar-refractivity contribution < 1.29 is 9.90 Å². The lowest BCUT2D eigenvalue weighted by Gasteiger charge is -2.20. The number of hydrogen-bond acceptors (Lipinski definition) is 2. The fourth-order valence-electron chi connectivity index (χ4n) is 2.18. The van der Waals surface area contributed by atoms with E-state index in [-0.39, 0.29) is 0 Å². The van der Waals surface area contributed by atoms with E-state index >= 15 is 0 Å². The van der Waals surface area contributed by atoms with Crippen LogP contribution >= 0.6 is 15.9 Å². The molecule has 1 aromatic rings. The van der Waals surface area contributed by atoms with E-state index in [1.165, 1.54) is 12.8 Å². The summed E-state index contributed by atoms with van der Waals surface area (Å²) in [5.41, 5.74) is 2.44. The zero-order valence-corrected chi connectivity index (χ0v) is 11.9. The molecule has 0 aromatic heterocycles. The topological polar surface area (TPSA) is 40.5 Å². The Morgan fingerprint density at radius 3 is 2.67 bits per heavy atom. The first-order chi connectivity index (χ1) is 8.58. The first kappa shape index (κ1) is 13.1. The molecule has 3 nitrogen and oxygen atoms in total. The zero-order valence-electron chi connectivity index (χ0n) is 10.3. The summed E-state index contributed by atoms with van der Waals surface area (Å²) in [5, 5.41) is 8.98. The van der Waals surface area contributed by atoms with Crippen LogP contribution in [-0.2, 0) is 4.79 Å². The van der Waals surface area contributed by atoms with Gasteiger partial charge in [-0.2, -0.15) is 0 Å². The zero-order chi connectivity index (χ0) is 13.1. The Hall–Kier alpha value is -1.29. The summed E-state index contributed by atoms with van der Waals surface area (Å²) < 4.78 is 0.967. The van der Waals surface area contributed by atoms with Crippen molar-refractivity contribution in [2.75, 3.05) is 18.0 Å². The Labute approximate surface area is 115 Å². The molecule has 1 saturated heterocycles. The Bertz CT molecular complexity index is 491. The summed E-state index contributed by atoms with van der Waals surface area (Å²) in [4.78, 5) is 13.2. The molecule has 0 bridgehead atoms. The average Bonchev–Trinajstić information content (AvgIpc) is 2.82. The van der Waals surface area contributed by atoms with Crippen LogP contribution < -0.4 is 4.90 Å². The molecule has 18 heavy (non-hydrogen) atoms. The molecule has 1 N–H and O–H groups in total. The molecule has 96 valence electrons. The van der Waals surface area contributed by atoms with Crippen molar-refractivity contribution in [1.29, 1.82) is 0 Å². The van der Waals surface area contributed by atoms with Crippen LogP contribution in [0.5, 0.6) is 0 Å².